The number of sulfonamides is 1. The maximum atomic E-state index is 12.0. The molecule has 3 N–H and O–H groups in total. The lowest BCUT2D eigenvalue weighted by Gasteiger charge is -2.12. The number of carboxylic acids is 1. The Morgan fingerprint density at radius 1 is 1.26 bits per heavy atom. The number of benzene rings is 1. The van der Waals surface area contributed by atoms with Crippen molar-refractivity contribution in [3.63, 3.8) is 0 Å². The van der Waals surface area contributed by atoms with Gasteiger partial charge in [0.15, 0.2) is 0 Å². The summed E-state index contributed by atoms with van der Waals surface area (Å²) in [5.41, 5.74) is 0.410. The van der Waals surface area contributed by atoms with Crippen molar-refractivity contribution in [1.82, 2.24) is 4.72 Å². The van der Waals surface area contributed by atoms with Crippen molar-refractivity contribution in [2.24, 2.45) is 0 Å². The van der Waals surface area contributed by atoms with E-state index in [0.717, 1.165) is 0 Å². The summed E-state index contributed by atoms with van der Waals surface area (Å²) in [5.74, 6) is -0.933. The van der Waals surface area contributed by atoms with E-state index in [1.165, 1.54) is 6.07 Å². The third-order valence-electron chi connectivity index (χ3n) is 2.37. The van der Waals surface area contributed by atoms with Gasteiger partial charge >= 0.3 is 5.97 Å². The van der Waals surface area contributed by atoms with Gasteiger partial charge in [-0.1, -0.05) is 19.1 Å². The Balaban J connectivity index is 2.86. The van der Waals surface area contributed by atoms with Crippen molar-refractivity contribution in [1.29, 1.82) is 0 Å². The Morgan fingerprint density at radius 3 is 2.58 bits per heavy atom. The number of hydrogen-bond donors (Lipinski definition) is 3. The molecule has 19 heavy (non-hydrogen) atoms. The molecule has 0 aliphatic carbocycles. The predicted molar refractivity (Wildman–Crippen MR) is 72.7 cm³/mol. The molecule has 106 valence electrons. The van der Waals surface area contributed by atoms with Crippen molar-refractivity contribution >= 4 is 21.7 Å². The normalized spacial score (nSPS) is 11.2. The summed E-state index contributed by atoms with van der Waals surface area (Å²) in [6.07, 6.45) is 0.630. The fraction of sp³-hybridized carbons (Fsp3) is 0.417. The highest BCUT2D eigenvalue weighted by molar-refractivity contribution is 7.89. The molecule has 0 spiro atoms. The standard InChI is InChI=1S/C12H18N2O4S/c1-2-8-14-19(17,18)11-6-4-3-5-10(11)13-9-7-12(15)16/h3-6,13-14H,2,7-9H2,1H3,(H,15,16). The molecule has 1 rings (SSSR count). The van der Waals surface area contributed by atoms with Gasteiger partial charge in [0.05, 0.1) is 12.1 Å². The van der Waals surface area contributed by atoms with E-state index in [2.05, 4.69) is 10.0 Å². The third kappa shape index (κ3) is 4.88. The van der Waals surface area contributed by atoms with Gasteiger partial charge in [0.25, 0.3) is 0 Å². The second-order valence-electron chi connectivity index (χ2n) is 3.96. The quantitative estimate of drug-likeness (QED) is 0.668. The van der Waals surface area contributed by atoms with E-state index in [1.54, 1.807) is 18.2 Å². The maximum Gasteiger partial charge on any atom is 0.305 e. The van der Waals surface area contributed by atoms with Crippen LogP contribution in [-0.4, -0.2) is 32.6 Å². The molecule has 0 saturated heterocycles. The van der Waals surface area contributed by atoms with Gasteiger partial charge in [-0.15, -0.1) is 0 Å². The number of para-hydroxylation sites is 1. The predicted octanol–water partition coefficient (Wildman–Crippen LogP) is 1.26. The fourth-order valence-electron chi connectivity index (χ4n) is 1.47. The molecule has 7 heteroatoms. The summed E-state index contributed by atoms with van der Waals surface area (Å²) < 4.78 is 26.6. The monoisotopic (exact) mass is 286 g/mol. The van der Waals surface area contributed by atoms with Crippen LogP contribution in [0.4, 0.5) is 5.69 Å². The molecule has 0 aliphatic heterocycles. The smallest absolute Gasteiger partial charge is 0.305 e. The van der Waals surface area contributed by atoms with Gasteiger partial charge in [-0.25, -0.2) is 13.1 Å². The number of nitrogens with one attached hydrogen (secondary N) is 2. The zero-order valence-corrected chi connectivity index (χ0v) is 11.5. The molecule has 0 radical (unpaired) electrons. The first-order valence-corrected chi connectivity index (χ1v) is 7.50. The van der Waals surface area contributed by atoms with Crippen molar-refractivity contribution < 1.29 is 18.3 Å². The van der Waals surface area contributed by atoms with Crippen molar-refractivity contribution in [2.75, 3.05) is 18.4 Å². The van der Waals surface area contributed by atoms with Crippen LogP contribution in [0, 0.1) is 0 Å². The first-order valence-electron chi connectivity index (χ1n) is 6.01. The third-order valence-corrected chi connectivity index (χ3v) is 3.89. The summed E-state index contributed by atoms with van der Waals surface area (Å²) in [7, 11) is -3.56. The SMILES string of the molecule is CCCNS(=O)(=O)c1ccccc1NCCC(=O)O. The summed E-state index contributed by atoms with van der Waals surface area (Å²) in [6.45, 7) is 2.42. The molecule has 1 aromatic rings. The highest BCUT2D eigenvalue weighted by atomic mass is 32.2. The molecule has 0 amide bonds. The van der Waals surface area contributed by atoms with Crippen LogP contribution in [0.5, 0.6) is 0 Å². The molecule has 1 aromatic carbocycles. The summed E-state index contributed by atoms with van der Waals surface area (Å²) in [6, 6.07) is 6.42. The maximum absolute atomic E-state index is 12.0. The molecule has 0 fully saturated rings. The van der Waals surface area contributed by atoms with E-state index < -0.39 is 16.0 Å². The van der Waals surface area contributed by atoms with Gasteiger partial charge in [-0.05, 0) is 18.6 Å². The van der Waals surface area contributed by atoms with E-state index in [-0.39, 0.29) is 17.9 Å². The fourth-order valence-corrected chi connectivity index (χ4v) is 2.78. The molecular formula is C12H18N2O4S. The van der Waals surface area contributed by atoms with Gasteiger partial charge in [0, 0.05) is 13.1 Å². The average molecular weight is 286 g/mol. The van der Waals surface area contributed by atoms with Crippen molar-refractivity contribution in [3.05, 3.63) is 24.3 Å². The van der Waals surface area contributed by atoms with Crippen LogP contribution in [-0.2, 0) is 14.8 Å². The zero-order chi connectivity index (χ0) is 14.3. The summed E-state index contributed by atoms with van der Waals surface area (Å²) in [5, 5.41) is 11.4. The lowest BCUT2D eigenvalue weighted by atomic mass is 10.3. The Kier molecular flexibility index (Phi) is 5.78. The van der Waals surface area contributed by atoms with Gasteiger partial charge in [0.2, 0.25) is 10.0 Å². The minimum Gasteiger partial charge on any atom is -0.481 e. The van der Waals surface area contributed by atoms with Crippen LogP contribution in [0.1, 0.15) is 19.8 Å². The number of rotatable bonds is 8. The number of anilines is 1. The molecule has 0 aromatic heterocycles. The second-order valence-corrected chi connectivity index (χ2v) is 5.70. The van der Waals surface area contributed by atoms with Gasteiger partial charge in [0.1, 0.15) is 4.90 Å². The molecule has 0 unspecified atom stereocenters. The lowest BCUT2D eigenvalue weighted by Crippen LogP contribution is -2.25. The molecule has 0 heterocycles. The highest BCUT2D eigenvalue weighted by Gasteiger charge is 2.17. The van der Waals surface area contributed by atoms with E-state index in [1.807, 2.05) is 6.92 Å². The molecule has 0 atom stereocenters. The number of carbonyl (C=O) groups is 1. The minimum absolute atomic E-state index is 0.0726. The van der Waals surface area contributed by atoms with Crippen LogP contribution in [0.3, 0.4) is 0 Å². The molecular weight excluding hydrogens is 268 g/mol. The Labute approximate surface area is 112 Å². The van der Waals surface area contributed by atoms with Gasteiger partial charge in [-0.2, -0.15) is 0 Å². The first kappa shape index (κ1) is 15.5. The van der Waals surface area contributed by atoms with E-state index in [9.17, 15) is 13.2 Å². The van der Waals surface area contributed by atoms with Crippen LogP contribution in [0.25, 0.3) is 0 Å². The second kappa shape index (κ2) is 7.10. The van der Waals surface area contributed by atoms with Crippen molar-refractivity contribution in [2.45, 2.75) is 24.7 Å². The lowest BCUT2D eigenvalue weighted by molar-refractivity contribution is -0.136. The van der Waals surface area contributed by atoms with E-state index >= 15 is 0 Å². The van der Waals surface area contributed by atoms with Crippen LogP contribution in [0.15, 0.2) is 29.2 Å². The van der Waals surface area contributed by atoms with Crippen LogP contribution in [0.2, 0.25) is 0 Å². The largest absolute Gasteiger partial charge is 0.481 e. The topological polar surface area (TPSA) is 95.5 Å². The molecule has 0 bridgehead atoms. The Bertz CT molecular complexity index is 528. The first-order chi connectivity index (χ1) is 8.97. The van der Waals surface area contributed by atoms with Gasteiger partial charge < -0.3 is 10.4 Å². The van der Waals surface area contributed by atoms with E-state index in [0.29, 0.717) is 18.7 Å². The highest BCUT2D eigenvalue weighted by Crippen LogP contribution is 2.20. The van der Waals surface area contributed by atoms with Crippen LogP contribution < -0.4 is 10.0 Å². The summed E-state index contributed by atoms with van der Waals surface area (Å²) >= 11 is 0. The Hall–Kier alpha value is -1.60. The van der Waals surface area contributed by atoms with Crippen molar-refractivity contribution in [3.8, 4) is 0 Å². The number of hydrogen-bond acceptors (Lipinski definition) is 4. The molecule has 0 aliphatic rings. The number of carboxylic acid groups (broad SMARTS) is 1. The number of aliphatic carboxylic acids is 1. The van der Waals surface area contributed by atoms with E-state index in [4.69, 9.17) is 5.11 Å². The molecule has 6 nitrogen and oxygen atoms in total. The van der Waals surface area contributed by atoms with Crippen LogP contribution >= 0.6 is 0 Å². The average Bonchev–Trinajstić information content (AvgIpc) is 2.36. The minimum atomic E-state index is -3.56. The van der Waals surface area contributed by atoms with Gasteiger partial charge in [-0.3, -0.25) is 4.79 Å². The Morgan fingerprint density at radius 2 is 1.95 bits per heavy atom. The zero-order valence-electron chi connectivity index (χ0n) is 10.7. The summed E-state index contributed by atoms with van der Waals surface area (Å²) in [4.78, 5) is 10.6. The molecule has 0 saturated carbocycles.